The molecule has 3 heterocycles. The number of hydrogen-bond acceptors (Lipinski definition) is 10. The third-order valence-corrected chi connectivity index (χ3v) is 11.0. The summed E-state index contributed by atoms with van der Waals surface area (Å²) in [6.07, 6.45) is 6.93. The number of fused-ring (bicyclic) bond motifs is 2. The maximum absolute atomic E-state index is 13.6. The van der Waals surface area contributed by atoms with Crippen molar-refractivity contribution in [3.8, 4) is 0 Å². The third kappa shape index (κ3) is 12.1. The summed E-state index contributed by atoms with van der Waals surface area (Å²) in [4.78, 5) is 25.9. The number of cyclic esters (lactones) is 1. The molecule has 0 spiro atoms. The van der Waals surface area contributed by atoms with Gasteiger partial charge in [0.25, 0.3) is 0 Å². The molecule has 14 atom stereocenters. The largest absolute Gasteiger partial charge is 0.462 e. The van der Waals surface area contributed by atoms with Crippen LogP contribution < -0.4 is 0 Å². The van der Waals surface area contributed by atoms with E-state index in [1.165, 1.54) is 0 Å². The van der Waals surface area contributed by atoms with Crippen LogP contribution in [0.25, 0.3) is 0 Å². The summed E-state index contributed by atoms with van der Waals surface area (Å²) in [6.45, 7) is 17.3. The number of aliphatic hydroxyl groups is 4. The number of esters is 1. The number of ether oxygens (including phenoxy) is 4. The molecule has 0 aromatic heterocycles. The van der Waals surface area contributed by atoms with Crippen LogP contribution in [-0.2, 0) is 28.5 Å². The van der Waals surface area contributed by atoms with Crippen LogP contribution >= 0.6 is 0 Å². The molecule has 0 aromatic rings. The molecule has 4 N–H and O–H groups in total. The van der Waals surface area contributed by atoms with Gasteiger partial charge in [-0.3, -0.25) is 9.59 Å². The van der Waals surface area contributed by atoms with Gasteiger partial charge in [0.1, 0.15) is 24.1 Å². The van der Waals surface area contributed by atoms with E-state index in [-0.39, 0.29) is 54.8 Å². The number of ketones is 1. The van der Waals surface area contributed by atoms with Crippen molar-refractivity contribution in [2.75, 3.05) is 0 Å². The highest BCUT2D eigenvalue weighted by Crippen LogP contribution is 2.35. The van der Waals surface area contributed by atoms with Crippen LogP contribution in [0.5, 0.6) is 0 Å². The Bertz CT molecular complexity index is 1180. The Morgan fingerprint density at radius 3 is 2.40 bits per heavy atom. The second-order valence-electron chi connectivity index (χ2n) is 15.7. The summed E-state index contributed by atoms with van der Waals surface area (Å²) in [6, 6.07) is 0. The lowest BCUT2D eigenvalue weighted by Gasteiger charge is -2.38. The van der Waals surface area contributed by atoms with Gasteiger partial charge >= 0.3 is 5.97 Å². The van der Waals surface area contributed by atoms with Crippen molar-refractivity contribution in [3.05, 3.63) is 35.5 Å². The van der Waals surface area contributed by atoms with E-state index in [1.54, 1.807) is 20.8 Å². The number of carbonyl (C=O) groups excluding carboxylic acids is 2. The zero-order chi connectivity index (χ0) is 37.3. The number of hydrogen-bond donors (Lipinski definition) is 4. The quantitative estimate of drug-likeness (QED) is 0.167. The average molecular weight is 707 g/mol. The highest BCUT2D eigenvalue weighted by Gasteiger charge is 2.40. The Balaban J connectivity index is 1.88. The summed E-state index contributed by atoms with van der Waals surface area (Å²) < 4.78 is 24.7. The van der Waals surface area contributed by atoms with Crippen molar-refractivity contribution < 1.29 is 49.0 Å². The SMILES string of the molecule is CCC(=O)[C@@H](C)[C@@H](O)[C@H](C)C[C@@H](C)[C@H]1OC(=O)C[C@@]2(O)CC=C(C)[C@H](O2)/C(C)=C/CCCC(O[C@H]2C[C@@H](O)[C@H](O)[C@@H](C)O2)/C=C/[C@H](C)C[C@H]1C. The molecule has 3 aliphatic rings. The van der Waals surface area contributed by atoms with Crippen LogP contribution in [-0.4, -0.2) is 87.0 Å². The Kier molecular flexibility index (Phi) is 16.4. The Morgan fingerprint density at radius 2 is 1.74 bits per heavy atom. The van der Waals surface area contributed by atoms with Crippen LogP contribution in [0.3, 0.4) is 0 Å². The van der Waals surface area contributed by atoms with E-state index in [9.17, 15) is 30.0 Å². The molecule has 10 nitrogen and oxygen atoms in total. The van der Waals surface area contributed by atoms with Crippen molar-refractivity contribution in [2.45, 2.75) is 175 Å². The molecule has 1 fully saturated rings. The predicted octanol–water partition coefficient (Wildman–Crippen LogP) is 5.94. The molecule has 0 amide bonds. The Morgan fingerprint density at radius 1 is 1.06 bits per heavy atom. The molecule has 0 saturated carbocycles. The normalized spacial score (nSPS) is 39.3. The molecule has 50 heavy (non-hydrogen) atoms. The summed E-state index contributed by atoms with van der Waals surface area (Å²) in [5.41, 5.74) is 1.91. The molecular formula is C40H66O10. The lowest BCUT2D eigenvalue weighted by Crippen LogP contribution is -2.48. The van der Waals surface area contributed by atoms with Gasteiger partial charge in [-0.15, -0.1) is 0 Å². The van der Waals surface area contributed by atoms with Gasteiger partial charge < -0.3 is 39.4 Å². The van der Waals surface area contributed by atoms with Crippen LogP contribution in [0.4, 0.5) is 0 Å². The van der Waals surface area contributed by atoms with Crippen molar-refractivity contribution in [1.29, 1.82) is 0 Å². The summed E-state index contributed by atoms with van der Waals surface area (Å²) >= 11 is 0. The van der Waals surface area contributed by atoms with Crippen molar-refractivity contribution >= 4 is 11.8 Å². The summed E-state index contributed by atoms with van der Waals surface area (Å²) in [7, 11) is 0. The summed E-state index contributed by atoms with van der Waals surface area (Å²) in [5.74, 6) is -3.05. The highest BCUT2D eigenvalue weighted by atomic mass is 16.7. The second kappa shape index (κ2) is 19.2. The first-order valence-corrected chi connectivity index (χ1v) is 18.9. The molecule has 0 aromatic carbocycles. The minimum absolute atomic E-state index is 0.0163. The van der Waals surface area contributed by atoms with E-state index < -0.39 is 60.6 Å². The fourth-order valence-electron chi connectivity index (χ4n) is 7.82. The van der Waals surface area contributed by atoms with Crippen LogP contribution in [0, 0.1) is 29.6 Å². The van der Waals surface area contributed by atoms with E-state index in [0.29, 0.717) is 25.7 Å². The number of Topliss-reactive ketones (excluding diaryl/α,β-unsaturated/α-hetero) is 1. The van der Waals surface area contributed by atoms with Gasteiger partial charge in [-0.05, 0) is 87.7 Å². The fraction of sp³-hybridized carbons (Fsp3) is 0.800. The smallest absolute Gasteiger partial charge is 0.311 e. The standard InChI is InChI=1S/C40H66O10/c1-10-32(41)29(8)36(44)26(5)20-28(7)38-27(6)19-23(2)15-16-31(48-35-21-33(42)37(45)30(9)47-35)14-12-11-13-24(3)39-25(4)17-18-40(46,50-39)22-34(43)49-38/h13,15-17,23,26-31,33,35-39,42,44-46H,10-12,14,18-22H2,1-9H3/b16-15+,24-13+/t23-,26+,27+,28+,29+,30+,31?,33+,35-,36-,37+,38-,39+,40+/m0/s1. The van der Waals surface area contributed by atoms with E-state index in [0.717, 1.165) is 24.0 Å². The van der Waals surface area contributed by atoms with Gasteiger partial charge in [-0.1, -0.05) is 65.8 Å². The molecule has 0 radical (unpaired) electrons. The van der Waals surface area contributed by atoms with Gasteiger partial charge in [-0.2, -0.15) is 0 Å². The fourth-order valence-corrected chi connectivity index (χ4v) is 7.82. The third-order valence-electron chi connectivity index (χ3n) is 11.0. The number of rotatable bonds is 9. The first-order valence-electron chi connectivity index (χ1n) is 18.9. The average Bonchev–Trinajstić information content (AvgIpc) is 3.05. The first kappa shape index (κ1) is 42.5. The maximum atomic E-state index is 13.6. The first-order chi connectivity index (χ1) is 23.4. The van der Waals surface area contributed by atoms with Gasteiger partial charge in [0, 0.05) is 25.2 Å². The van der Waals surface area contributed by atoms with Gasteiger partial charge in [0.2, 0.25) is 0 Å². The molecule has 3 aliphatic heterocycles. The number of carbonyl (C=O) groups is 2. The van der Waals surface area contributed by atoms with Gasteiger partial charge in [0.05, 0.1) is 30.8 Å². The zero-order valence-corrected chi connectivity index (χ0v) is 31.9. The molecular weight excluding hydrogens is 640 g/mol. The Hall–Kier alpha value is -1.92. The molecule has 1 saturated heterocycles. The van der Waals surface area contributed by atoms with Gasteiger partial charge in [0.15, 0.2) is 12.1 Å². The minimum Gasteiger partial charge on any atom is -0.462 e. The van der Waals surface area contributed by atoms with Gasteiger partial charge in [-0.25, -0.2) is 0 Å². The molecule has 286 valence electrons. The lowest BCUT2D eigenvalue weighted by atomic mass is 9.79. The van der Waals surface area contributed by atoms with Crippen molar-refractivity contribution in [1.82, 2.24) is 0 Å². The van der Waals surface area contributed by atoms with Crippen molar-refractivity contribution in [2.24, 2.45) is 29.6 Å². The molecule has 0 aliphatic carbocycles. The summed E-state index contributed by atoms with van der Waals surface area (Å²) in [5, 5.41) is 43.0. The van der Waals surface area contributed by atoms with E-state index in [1.807, 2.05) is 33.8 Å². The zero-order valence-electron chi connectivity index (χ0n) is 31.9. The van der Waals surface area contributed by atoms with E-state index >= 15 is 0 Å². The molecule has 3 rings (SSSR count). The monoisotopic (exact) mass is 706 g/mol. The van der Waals surface area contributed by atoms with Crippen LogP contribution in [0.2, 0.25) is 0 Å². The molecule has 10 heteroatoms. The van der Waals surface area contributed by atoms with Crippen LogP contribution in [0.1, 0.15) is 120 Å². The number of allylic oxidation sites excluding steroid dienone is 2. The highest BCUT2D eigenvalue weighted by molar-refractivity contribution is 5.80. The van der Waals surface area contributed by atoms with E-state index in [4.69, 9.17) is 18.9 Å². The second-order valence-corrected chi connectivity index (χ2v) is 15.7. The van der Waals surface area contributed by atoms with Crippen molar-refractivity contribution in [3.63, 3.8) is 0 Å². The minimum atomic E-state index is -1.71. The molecule has 2 bridgehead atoms. The lowest BCUT2D eigenvalue weighted by molar-refractivity contribution is -0.254. The maximum Gasteiger partial charge on any atom is 0.311 e. The van der Waals surface area contributed by atoms with Crippen LogP contribution in [0.15, 0.2) is 35.5 Å². The molecule has 1 unspecified atom stereocenters. The topological polar surface area (TPSA) is 152 Å². The number of aliphatic hydroxyl groups excluding tert-OH is 3. The predicted molar refractivity (Wildman–Crippen MR) is 192 cm³/mol. The van der Waals surface area contributed by atoms with E-state index in [2.05, 4.69) is 32.1 Å². The Labute approximate surface area is 300 Å².